The molecule has 0 spiro atoms. The number of rotatable bonds is 2. The van der Waals surface area contributed by atoms with E-state index in [4.69, 9.17) is 14.2 Å². The fraction of sp³-hybridized carbons (Fsp3) is 0.958. The van der Waals surface area contributed by atoms with Gasteiger partial charge in [0.25, 0.3) is 0 Å². The van der Waals surface area contributed by atoms with Crippen molar-refractivity contribution >= 4 is 5.97 Å². The Labute approximate surface area is 174 Å². The summed E-state index contributed by atoms with van der Waals surface area (Å²) in [7, 11) is 0. The topological polar surface area (TPSA) is 65.0 Å². The summed E-state index contributed by atoms with van der Waals surface area (Å²) in [4.78, 5) is 12.3. The molecule has 1 saturated heterocycles. The van der Waals surface area contributed by atoms with Crippen molar-refractivity contribution in [2.75, 3.05) is 13.2 Å². The summed E-state index contributed by atoms with van der Waals surface area (Å²) in [6, 6.07) is 0. The number of hydrogen-bond acceptors (Lipinski definition) is 5. The summed E-state index contributed by atoms with van der Waals surface area (Å²) in [5.41, 5.74) is -0.115. The predicted molar refractivity (Wildman–Crippen MR) is 108 cm³/mol. The Morgan fingerprint density at radius 1 is 0.966 bits per heavy atom. The monoisotopic (exact) mass is 406 g/mol. The third-order valence-corrected chi connectivity index (χ3v) is 9.89. The molecule has 164 valence electrons. The first-order chi connectivity index (χ1) is 13.8. The van der Waals surface area contributed by atoms with Crippen molar-refractivity contribution in [2.45, 2.75) is 96.1 Å². The molecule has 0 aromatic carbocycles. The maximum Gasteiger partial charge on any atom is 0.303 e. The molecule has 0 radical (unpaired) electrons. The number of carbonyl (C=O) groups excluding carboxylic acids is 1. The first-order valence-corrected chi connectivity index (χ1v) is 11.9. The van der Waals surface area contributed by atoms with E-state index in [0.717, 1.165) is 44.9 Å². The van der Waals surface area contributed by atoms with E-state index in [1.807, 2.05) is 0 Å². The average molecular weight is 407 g/mol. The van der Waals surface area contributed by atoms with Gasteiger partial charge in [0.1, 0.15) is 5.60 Å². The number of ether oxygens (including phenoxy) is 3. The van der Waals surface area contributed by atoms with E-state index in [1.54, 1.807) is 6.92 Å². The molecule has 5 nitrogen and oxygen atoms in total. The molecule has 0 bridgehead atoms. The molecule has 29 heavy (non-hydrogen) atoms. The van der Waals surface area contributed by atoms with E-state index in [-0.39, 0.29) is 18.0 Å². The first-order valence-electron chi connectivity index (χ1n) is 11.9. The highest BCUT2D eigenvalue weighted by atomic mass is 16.7. The molecule has 5 rings (SSSR count). The molecule has 3 unspecified atom stereocenters. The average Bonchev–Trinajstić information content (AvgIpc) is 3.26. The fourth-order valence-corrected chi connectivity index (χ4v) is 8.76. The number of hydrogen-bond donors (Lipinski definition) is 1. The SMILES string of the molecule is CC(=O)O[C@]12CCC3C(CC[C@H]4C[C@@H](O)CC[C@]34C)C1CC[C@@H]2C1(C)OCCO1. The van der Waals surface area contributed by atoms with Crippen LogP contribution in [0.15, 0.2) is 0 Å². The van der Waals surface area contributed by atoms with Crippen molar-refractivity contribution in [3.05, 3.63) is 0 Å². The van der Waals surface area contributed by atoms with Gasteiger partial charge in [-0.1, -0.05) is 6.92 Å². The Balaban J connectivity index is 1.47. The molecule has 4 aliphatic carbocycles. The third-order valence-electron chi connectivity index (χ3n) is 9.89. The van der Waals surface area contributed by atoms with Crippen molar-refractivity contribution in [1.29, 1.82) is 0 Å². The minimum absolute atomic E-state index is 0.110. The van der Waals surface area contributed by atoms with Gasteiger partial charge in [-0.05, 0) is 87.9 Å². The molecular formula is C24H38O5. The highest BCUT2D eigenvalue weighted by Crippen LogP contribution is 2.67. The Bertz CT molecular complexity index is 658. The Morgan fingerprint density at radius 2 is 1.72 bits per heavy atom. The molecule has 1 heterocycles. The van der Waals surface area contributed by atoms with E-state index >= 15 is 0 Å². The maximum absolute atomic E-state index is 12.3. The van der Waals surface area contributed by atoms with Crippen LogP contribution in [0, 0.1) is 35.0 Å². The van der Waals surface area contributed by atoms with Gasteiger partial charge in [-0.15, -0.1) is 0 Å². The number of aliphatic hydroxyl groups excluding tert-OH is 1. The van der Waals surface area contributed by atoms with Crippen LogP contribution in [-0.4, -0.2) is 41.8 Å². The van der Waals surface area contributed by atoms with Crippen LogP contribution in [0.5, 0.6) is 0 Å². The minimum Gasteiger partial charge on any atom is -0.458 e. The lowest BCUT2D eigenvalue weighted by atomic mass is 9.46. The fourth-order valence-electron chi connectivity index (χ4n) is 8.76. The molecular weight excluding hydrogens is 368 g/mol. The molecule has 4 saturated carbocycles. The van der Waals surface area contributed by atoms with Gasteiger partial charge in [0, 0.05) is 12.8 Å². The Hall–Kier alpha value is -0.650. The zero-order valence-electron chi connectivity index (χ0n) is 18.3. The van der Waals surface area contributed by atoms with Gasteiger partial charge < -0.3 is 19.3 Å². The van der Waals surface area contributed by atoms with Crippen LogP contribution in [0.3, 0.4) is 0 Å². The van der Waals surface area contributed by atoms with Crippen LogP contribution < -0.4 is 0 Å². The van der Waals surface area contributed by atoms with Crippen LogP contribution in [0.1, 0.15) is 78.6 Å². The van der Waals surface area contributed by atoms with Crippen LogP contribution in [0.25, 0.3) is 0 Å². The quantitative estimate of drug-likeness (QED) is 0.701. The second kappa shape index (κ2) is 6.93. The van der Waals surface area contributed by atoms with Crippen LogP contribution >= 0.6 is 0 Å². The van der Waals surface area contributed by atoms with Gasteiger partial charge >= 0.3 is 5.97 Å². The highest BCUT2D eigenvalue weighted by molar-refractivity contribution is 5.66. The van der Waals surface area contributed by atoms with Gasteiger partial charge in [-0.3, -0.25) is 4.79 Å². The lowest BCUT2D eigenvalue weighted by Gasteiger charge is -2.61. The van der Waals surface area contributed by atoms with Gasteiger partial charge in [0.15, 0.2) is 5.79 Å². The highest BCUT2D eigenvalue weighted by Gasteiger charge is 2.67. The van der Waals surface area contributed by atoms with Crippen LogP contribution in [0.4, 0.5) is 0 Å². The van der Waals surface area contributed by atoms with Crippen LogP contribution in [0.2, 0.25) is 0 Å². The molecule has 0 amide bonds. The van der Waals surface area contributed by atoms with E-state index < -0.39 is 11.4 Å². The number of aliphatic hydroxyl groups is 1. The molecule has 5 aliphatic rings. The second-order valence-electron chi connectivity index (χ2n) is 11.0. The van der Waals surface area contributed by atoms with Gasteiger partial charge in [0.2, 0.25) is 0 Å². The van der Waals surface area contributed by atoms with Crippen molar-refractivity contribution in [3.63, 3.8) is 0 Å². The van der Waals surface area contributed by atoms with Gasteiger partial charge in [-0.25, -0.2) is 0 Å². The van der Waals surface area contributed by atoms with Crippen molar-refractivity contribution < 1.29 is 24.1 Å². The van der Waals surface area contributed by atoms with Crippen molar-refractivity contribution in [1.82, 2.24) is 0 Å². The van der Waals surface area contributed by atoms with E-state index in [0.29, 0.717) is 42.3 Å². The largest absolute Gasteiger partial charge is 0.458 e. The van der Waals surface area contributed by atoms with Crippen LogP contribution in [-0.2, 0) is 19.0 Å². The van der Waals surface area contributed by atoms with Gasteiger partial charge in [0.05, 0.1) is 25.2 Å². The smallest absolute Gasteiger partial charge is 0.303 e. The summed E-state index contributed by atoms with van der Waals surface area (Å²) >= 11 is 0. The Morgan fingerprint density at radius 3 is 2.45 bits per heavy atom. The van der Waals surface area contributed by atoms with E-state index in [1.165, 1.54) is 12.8 Å². The number of carbonyl (C=O) groups is 1. The lowest BCUT2D eigenvalue weighted by molar-refractivity contribution is -0.252. The van der Waals surface area contributed by atoms with Crippen molar-refractivity contribution in [2.24, 2.45) is 35.0 Å². The molecule has 5 fully saturated rings. The molecule has 1 aliphatic heterocycles. The maximum atomic E-state index is 12.3. The normalized spacial score (nSPS) is 51.0. The third kappa shape index (κ3) is 2.94. The minimum atomic E-state index is -0.632. The second-order valence-corrected chi connectivity index (χ2v) is 11.0. The number of fused-ring (bicyclic) bond motifs is 5. The number of esters is 1. The van der Waals surface area contributed by atoms with Crippen molar-refractivity contribution in [3.8, 4) is 0 Å². The molecule has 0 aromatic heterocycles. The summed E-state index contributed by atoms with van der Waals surface area (Å²) in [5.74, 6) is 1.66. The molecule has 1 N–H and O–H groups in total. The lowest BCUT2D eigenvalue weighted by Crippen LogP contribution is -2.61. The molecule has 0 aromatic rings. The first kappa shape index (κ1) is 20.3. The standard InChI is InChI=1S/C24H38O5/c1-15(25)29-24-11-9-19-18(5-4-16-14-17(26)8-10-22(16,19)2)20(24)6-7-21(24)23(3)27-12-13-28-23/h16-21,26H,4-14H2,1-3H3/t16-,17-,18?,19?,20?,21+,22-,24+/m0/s1. The Kier molecular flexibility index (Phi) is 4.84. The van der Waals surface area contributed by atoms with Gasteiger partial charge in [-0.2, -0.15) is 0 Å². The van der Waals surface area contributed by atoms with E-state index in [9.17, 15) is 9.90 Å². The molecule has 5 heteroatoms. The summed E-state index contributed by atoms with van der Waals surface area (Å²) in [6.07, 6.45) is 9.51. The summed E-state index contributed by atoms with van der Waals surface area (Å²) < 4.78 is 18.5. The molecule has 8 atom stereocenters. The zero-order chi connectivity index (χ0) is 20.4. The summed E-state index contributed by atoms with van der Waals surface area (Å²) in [5, 5.41) is 10.2. The summed E-state index contributed by atoms with van der Waals surface area (Å²) in [6.45, 7) is 7.37. The predicted octanol–water partition coefficient (Wildman–Crippen LogP) is 4.06. The zero-order valence-corrected chi connectivity index (χ0v) is 18.3. The van der Waals surface area contributed by atoms with E-state index in [2.05, 4.69) is 13.8 Å².